The van der Waals surface area contributed by atoms with E-state index in [1.54, 1.807) is 0 Å². The number of hydrazone groups is 1. The van der Waals surface area contributed by atoms with Gasteiger partial charge in [0, 0.05) is 5.56 Å². The Bertz CT molecular complexity index is 673. The Morgan fingerprint density at radius 3 is 2.59 bits per heavy atom. The van der Waals surface area contributed by atoms with Crippen molar-refractivity contribution in [1.82, 2.24) is 5.43 Å². The largest absolute Gasteiger partial charge is 0.508 e. The molecule has 0 saturated carbocycles. The van der Waals surface area contributed by atoms with Gasteiger partial charge in [0.05, 0.1) is 6.21 Å². The Balaban J connectivity index is 1.93. The van der Waals surface area contributed by atoms with Crippen LogP contribution in [0.25, 0.3) is 0 Å². The SMILES string of the molecule is O=C(N/N=C\c1ccc(OC(F)F)cc1)c1cccc(O)c1. The van der Waals surface area contributed by atoms with Crippen LogP contribution in [0.2, 0.25) is 0 Å². The van der Waals surface area contributed by atoms with Gasteiger partial charge in [0.2, 0.25) is 0 Å². The number of phenols is 1. The molecule has 0 aliphatic heterocycles. The van der Waals surface area contributed by atoms with Crippen molar-refractivity contribution < 1.29 is 23.4 Å². The second-order valence-corrected chi connectivity index (χ2v) is 4.20. The Morgan fingerprint density at radius 2 is 1.95 bits per heavy atom. The lowest BCUT2D eigenvalue weighted by Gasteiger charge is -2.03. The Morgan fingerprint density at radius 1 is 1.23 bits per heavy atom. The summed E-state index contributed by atoms with van der Waals surface area (Å²) < 4.78 is 28.2. The maximum absolute atomic E-state index is 12.0. The molecule has 0 aromatic heterocycles. The number of alkyl halides is 2. The molecule has 0 radical (unpaired) electrons. The van der Waals surface area contributed by atoms with E-state index in [0.29, 0.717) is 5.56 Å². The van der Waals surface area contributed by atoms with Crippen molar-refractivity contribution >= 4 is 12.1 Å². The number of aromatic hydroxyl groups is 1. The normalized spacial score (nSPS) is 10.9. The number of hydrogen-bond donors (Lipinski definition) is 2. The molecular formula is C15H12F2N2O3. The second-order valence-electron chi connectivity index (χ2n) is 4.20. The molecule has 0 aliphatic rings. The summed E-state index contributed by atoms with van der Waals surface area (Å²) in [6, 6.07) is 11.6. The topological polar surface area (TPSA) is 70.9 Å². The van der Waals surface area contributed by atoms with E-state index in [1.165, 1.54) is 54.7 Å². The summed E-state index contributed by atoms with van der Waals surface area (Å²) in [5.74, 6) is -0.466. The first-order valence-corrected chi connectivity index (χ1v) is 6.22. The summed E-state index contributed by atoms with van der Waals surface area (Å²) in [4.78, 5) is 11.7. The van der Waals surface area contributed by atoms with E-state index in [9.17, 15) is 18.7 Å². The van der Waals surface area contributed by atoms with E-state index in [2.05, 4.69) is 15.3 Å². The van der Waals surface area contributed by atoms with Crippen LogP contribution in [0.15, 0.2) is 53.6 Å². The number of ether oxygens (including phenoxy) is 1. The smallest absolute Gasteiger partial charge is 0.387 e. The van der Waals surface area contributed by atoms with Crippen molar-refractivity contribution in [1.29, 1.82) is 0 Å². The highest BCUT2D eigenvalue weighted by Crippen LogP contribution is 2.14. The quantitative estimate of drug-likeness (QED) is 0.659. The van der Waals surface area contributed by atoms with Gasteiger partial charge < -0.3 is 9.84 Å². The lowest BCUT2D eigenvalue weighted by Crippen LogP contribution is -2.17. The van der Waals surface area contributed by atoms with Crippen molar-refractivity contribution in [2.75, 3.05) is 0 Å². The Kier molecular flexibility index (Phi) is 5.02. The molecule has 0 bridgehead atoms. The third kappa shape index (κ3) is 4.55. The first-order valence-electron chi connectivity index (χ1n) is 6.22. The number of amides is 1. The zero-order valence-corrected chi connectivity index (χ0v) is 11.2. The van der Waals surface area contributed by atoms with Crippen molar-refractivity contribution in [3.63, 3.8) is 0 Å². The third-order valence-electron chi connectivity index (χ3n) is 2.59. The molecule has 0 heterocycles. The fourth-order valence-corrected chi connectivity index (χ4v) is 1.61. The molecule has 7 heteroatoms. The molecular weight excluding hydrogens is 294 g/mol. The fourth-order valence-electron chi connectivity index (χ4n) is 1.61. The average molecular weight is 306 g/mol. The molecule has 0 atom stereocenters. The number of halogens is 2. The molecule has 0 spiro atoms. The predicted molar refractivity (Wildman–Crippen MR) is 76.2 cm³/mol. The van der Waals surface area contributed by atoms with Crippen molar-refractivity contribution in [2.24, 2.45) is 5.10 Å². The molecule has 2 aromatic rings. The Labute approximate surface area is 124 Å². The van der Waals surface area contributed by atoms with Gasteiger partial charge >= 0.3 is 6.61 Å². The van der Waals surface area contributed by atoms with Gasteiger partial charge in [-0.1, -0.05) is 6.07 Å². The van der Waals surface area contributed by atoms with Crippen LogP contribution < -0.4 is 10.2 Å². The first-order chi connectivity index (χ1) is 10.5. The number of phenolic OH excluding ortho intramolecular Hbond substituents is 1. The molecule has 0 saturated heterocycles. The van der Waals surface area contributed by atoms with Gasteiger partial charge in [0.1, 0.15) is 11.5 Å². The van der Waals surface area contributed by atoms with E-state index in [-0.39, 0.29) is 17.1 Å². The highest BCUT2D eigenvalue weighted by Gasteiger charge is 2.05. The number of carbonyl (C=O) groups excluding carboxylic acids is 1. The number of hydrogen-bond acceptors (Lipinski definition) is 4. The summed E-state index contributed by atoms with van der Waals surface area (Å²) in [7, 11) is 0. The van der Waals surface area contributed by atoms with Crippen LogP contribution in [0.4, 0.5) is 8.78 Å². The van der Waals surface area contributed by atoms with Crippen LogP contribution in [0, 0.1) is 0 Å². The summed E-state index contributed by atoms with van der Waals surface area (Å²) >= 11 is 0. The second kappa shape index (κ2) is 7.16. The van der Waals surface area contributed by atoms with E-state index in [0.717, 1.165) is 0 Å². The van der Waals surface area contributed by atoms with Crippen molar-refractivity contribution in [3.05, 3.63) is 59.7 Å². The molecule has 0 unspecified atom stereocenters. The third-order valence-corrected chi connectivity index (χ3v) is 2.59. The monoisotopic (exact) mass is 306 g/mol. The lowest BCUT2D eigenvalue weighted by molar-refractivity contribution is -0.0498. The van der Waals surface area contributed by atoms with Gasteiger partial charge in [-0.05, 0) is 48.0 Å². The zero-order chi connectivity index (χ0) is 15.9. The average Bonchev–Trinajstić information content (AvgIpc) is 2.48. The molecule has 2 rings (SSSR count). The minimum atomic E-state index is -2.87. The fraction of sp³-hybridized carbons (Fsp3) is 0.0667. The molecule has 1 amide bonds. The highest BCUT2D eigenvalue weighted by molar-refractivity contribution is 5.95. The van der Waals surface area contributed by atoms with E-state index >= 15 is 0 Å². The predicted octanol–water partition coefficient (Wildman–Crippen LogP) is 2.76. The number of nitrogens with zero attached hydrogens (tertiary/aromatic N) is 1. The number of benzene rings is 2. The zero-order valence-electron chi connectivity index (χ0n) is 11.2. The van der Waals surface area contributed by atoms with Gasteiger partial charge in [-0.2, -0.15) is 13.9 Å². The molecule has 0 fully saturated rings. The van der Waals surface area contributed by atoms with Gasteiger partial charge in [0.15, 0.2) is 0 Å². The number of rotatable bonds is 5. The molecule has 5 nitrogen and oxygen atoms in total. The van der Waals surface area contributed by atoms with Gasteiger partial charge in [-0.3, -0.25) is 4.79 Å². The van der Waals surface area contributed by atoms with Gasteiger partial charge in [0.25, 0.3) is 5.91 Å². The first kappa shape index (κ1) is 15.4. The molecule has 114 valence electrons. The van der Waals surface area contributed by atoms with E-state index in [1.807, 2.05) is 0 Å². The minimum absolute atomic E-state index is 0.0220. The molecule has 2 aromatic carbocycles. The minimum Gasteiger partial charge on any atom is -0.508 e. The maximum Gasteiger partial charge on any atom is 0.387 e. The van der Waals surface area contributed by atoms with Crippen LogP contribution in [0.1, 0.15) is 15.9 Å². The van der Waals surface area contributed by atoms with E-state index in [4.69, 9.17) is 0 Å². The van der Waals surface area contributed by atoms with E-state index < -0.39 is 12.5 Å². The lowest BCUT2D eigenvalue weighted by atomic mass is 10.2. The summed E-state index contributed by atoms with van der Waals surface area (Å²) in [6.07, 6.45) is 1.35. The molecule has 2 N–H and O–H groups in total. The van der Waals surface area contributed by atoms with Gasteiger partial charge in [-0.25, -0.2) is 5.43 Å². The van der Waals surface area contributed by atoms with Crippen molar-refractivity contribution in [3.8, 4) is 11.5 Å². The summed E-state index contributed by atoms with van der Waals surface area (Å²) in [6.45, 7) is -2.87. The molecule has 22 heavy (non-hydrogen) atoms. The summed E-state index contributed by atoms with van der Waals surface area (Å²) in [5, 5.41) is 13.0. The van der Waals surface area contributed by atoms with Gasteiger partial charge in [-0.15, -0.1) is 0 Å². The standard InChI is InChI=1S/C15H12F2N2O3/c16-15(17)22-13-6-4-10(5-7-13)9-18-19-14(21)11-2-1-3-12(20)8-11/h1-9,15,20H,(H,19,21)/b18-9-. The maximum atomic E-state index is 12.0. The van der Waals surface area contributed by atoms with Crippen molar-refractivity contribution in [2.45, 2.75) is 6.61 Å². The van der Waals surface area contributed by atoms with Crippen LogP contribution in [0.3, 0.4) is 0 Å². The van der Waals surface area contributed by atoms with Crippen LogP contribution in [-0.4, -0.2) is 23.8 Å². The number of nitrogens with one attached hydrogen (secondary N) is 1. The van der Waals surface area contributed by atoms with Crippen LogP contribution in [0.5, 0.6) is 11.5 Å². The molecule has 0 aliphatic carbocycles. The van der Waals surface area contributed by atoms with Crippen LogP contribution >= 0.6 is 0 Å². The Hall–Kier alpha value is -2.96. The summed E-state index contributed by atoms with van der Waals surface area (Å²) in [5.41, 5.74) is 3.15. The van der Waals surface area contributed by atoms with Crippen LogP contribution in [-0.2, 0) is 0 Å². The number of carbonyl (C=O) groups is 1. The highest BCUT2D eigenvalue weighted by atomic mass is 19.3.